The van der Waals surface area contributed by atoms with Gasteiger partial charge in [-0.2, -0.15) is 11.8 Å². The predicted octanol–water partition coefficient (Wildman–Crippen LogP) is 3.06. The summed E-state index contributed by atoms with van der Waals surface area (Å²) in [5.41, 5.74) is 1.12. The topological polar surface area (TPSA) is 50.8 Å². The SMILES string of the molecule is O=C(N[C@H](c1ccc2c(c1)OCCO2)C1CC1)N1CCCSCC1. The molecule has 0 unspecified atom stereocenters. The third kappa shape index (κ3) is 3.58. The molecule has 5 nitrogen and oxygen atoms in total. The number of ether oxygens (including phenoxy) is 2. The Kier molecular flexibility index (Phi) is 4.74. The van der Waals surface area contributed by atoms with Crippen LogP contribution in [0, 0.1) is 5.92 Å². The Morgan fingerprint density at radius 2 is 2.00 bits per heavy atom. The van der Waals surface area contributed by atoms with E-state index in [1.54, 1.807) is 0 Å². The first kappa shape index (κ1) is 15.9. The van der Waals surface area contributed by atoms with Crippen LogP contribution in [-0.4, -0.2) is 48.7 Å². The Balaban J connectivity index is 1.49. The van der Waals surface area contributed by atoms with Gasteiger partial charge in [-0.15, -0.1) is 0 Å². The second kappa shape index (κ2) is 7.13. The van der Waals surface area contributed by atoms with E-state index in [1.807, 2.05) is 28.8 Å². The molecule has 1 aliphatic carbocycles. The molecule has 1 aromatic rings. The Hall–Kier alpha value is -1.56. The van der Waals surface area contributed by atoms with E-state index in [1.165, 1.54) is 12.8 Å². The molecule has 0 spiro atoms. The third-order valence-electron chi connectivity index (χ3n) is 4.81. The Morgan fingerprint density at radius 1 is 1.17 bits per heavy atom. The van der Waals surface area contributed by atoms with Crippen molar-refractivity contribution < 1.29 is 14.3 Å². The summed E-state index contributed by atoms with van der Waals surface area (Å²) in [6.45, 7) is 2.89. The number of hydrogen-bond acceptors (Lipinski definition) is 4. The van der Waals surface area contributed by atoms with Crippen molar-refractivity contribution in [3.05, 3.63) is 23.8 Å². The molecular formula is C18H24N2O3S. The second-order valence-electron chi connectivity index (χ2n) is 6.62. The predicted molar refractivity (Wildman–Crippen MR) is 94.9 cm³/mol. The maximum Gasteiger partial charge on any atom is 0.317 e. The van der Waals surface area contributed by atoms with Crippen LogP contribution >= 0.6 is 11.8 Å². The van der Waals surface area contributed by atoms with E-state index >= 15 is 0 Å². The number of benzene rings is 1. The summed E-state index contributed by atoms with van der Waals surface area (Å²) >= 11 is 1.93. The molecule has 2 heterocycles. The average molecular weight is 348 g/mol. The number of carbonyl (C=O) groups excluding carboxylic acids is 1. The standard InChI is InChI=1S/C18H24N2O3S/c21-18(20-6-1-10-24-11-7-20)19-17(13-2-3-13)14-4-5-15-16(12-14)23-9-8-22-15/h4-5,12-13,17H,1-3,6-11H2,(H,19,21)/t17-/m0/s1. The van der Waals surface area contributed by atoms with Gasteiger partial charge in [0.1, 0.15) is 13.2 Å². The quantitative estimate of drug-likeness (QED) is 0.912. The van der Waals surface area contributed by atoms with Gasteiger partial charge in [-0.25, -0.2) is 4.79 Å². The van der Waals surface area contributed by atoms with E-state index < -0.39 is 0 Å². The molecule has 2 fully saturated rings. The van der Waals surface area contributed by atoms with Gasteiger partial charge in [-0.3, -0.25) is 0 Å². The van der Waals surface area contributed by atoms with Gasteiger partial charge in [0, 0.05) is 18.8 Å². The zero-order valence-electron chi connectivity index (χ0n) is 13.8. The molecule has 0 bridgehead atoms. The Labute approximate surface area is 147 Å². The van der Waals surface area contributed by atoms with E-state index in [4.69, 9.17) is 9.47 Å². The molecule has 130 valence electrons. The summed E-state index contributed by atoms with van der Waals surface area (Å²) < 4.78 is 11.3. The minimum atomic E-state index is 0.0734. The molecule has 24 heavy (non-hydrogen) atoms. The van der Waals surface area contributed by atoms with Crippen LogP contribution in [0.1, 0.15) is 30.9 Å². The summed E-state index contributed by atoms with van der Waals surface area (Å²) in [5, 5.41) is 3.28. The summed E-state index contributed by atoms with van der Waals surface area (Å²) in [7, 11) is 0. The largest absolute Gasteiger partial charge is 0.486 e. The van der Waals surface area contributed by atoms with Crippen molar-refractivity contribution in [2.45, 2.75) is 25.3 Å². The molecule has 6 heteroatoms. The highest BCUT2D eigenvalue weighted by molar-refractivity contribution is 7.99. The maximum absolute atomic E-state index is 12.7. The normalized spacial score (nSPS) is 21.8. The fraction of sp³-hybridized carbons (Fsp3) is 0.611. The van der Waals surface area contributed by atoms with Crippen molar-refractivity contribution in [3.8, 4) is 11.5 Å². The number of carbonyl (C=O) groups is 1. The van der Waals surface area contributed by atoms with Crippen LogP contribution < -0.4 is 14.8 Å². The summed E-state index contributed by atoms with van der Waals surface area (Å²) in [6, 6.07) is 6.22. The minimum Gasteiger partial charge on any atom is -0.486 e. The van der Waals surface area contributed by atoms with Gasteiger partial charge in [0.15, 0.2) is 11.5 Å². The summed E-state index contributed by atoms with van der Waals surface area (Å²) in [5.74, 6) is 4.32. The lowest BCUT2D eigenvalue weighted by molar-refractivity contribution is 0.171. The first-order chi connectivity index (χ1) is 11.8. The van der Waals surface area contributed by atoms with Crippen molar-refractivity contribution >= 4 is 17.8 Å². The van der Waals surface area contributed by atoms with Gasteiger partial charge in [-0.05, 0) is 48.6 Å². The second-order valence-corrected chi connectivity index (χ2v) is 7.85. The van der Waals surface area contributed by atoms with Gasteiger partial charge in [0.05, 0.1) is 6.04 Å². The number of urea groups is 1. The van der Waals surface area contributed by atoms with Crippen LogP contribution in [0.5, 0.6) is 11.5 Å². The van der Waals surface area contributed by atoms with Gasteiger partial charge in [0.2, 0.25) is 0 Å². The molecular weight excluding hydrogens is 324 g/mol. The van der Waals surface area contributed by atoms with Crippen LogP contribution in [-0.2, 0) is 0 Å². The number of hydrogen-bond donors (Lipinski definition) is 1. The van der Waals surface area contributed by atoms with Crippen LogP contribution in [0.3, 0.4) is 0 Å². The van der Waals surface area contributed by atoms with Crippen molar-refractivity contribution in [2.24, 2.45) is 5.92 Å². The molecule has 0 radical (unpaired) electrons. The monoisotopic (exact) mass is 348 g/mol. The highest BCUT2D eigenvalue weighted by Crippen LogP contribution is 2.43. The molecule has 2 aliphatic heterocycles. The van der Waals surface area contributed by atoms with Gasteiger partial charge < -0.3 is 19.7 Å². The Morgan fingerprint density at radius 3 is 2.83 bits per heavy atom. The summed E-state index contributed by atoms with van der Waals surface area (Å²) in [6.07, 6.45) is 3.43. The maximum atomic E-state index is 12.7. The first-order valence-electron chi connectivity index (χ1n) is 8.84. The van der Waals surface area contributed by atoms with Crippen LogP contribution in [0.4, 0.5) is 4.79 Å². The highest BCUT2D eigenvalue weighted by Gasteiger charge is 2.35. The van der Waals surface area contributed by atoms with E-state index in [2.05, 4.69) is 11.4 Å². The van der Waals surface area contributed by atoms with E-state index in [9.17, 15) is 4.79 Å². The van der Waals surface area contributed by atoms with Gasteiger partial charge >= 0.3 is 6.03 Å². The lowest BCUT2D eigenvalue weighted by atomic mass is 10.0. The number of nitrogens with one attached hydrogen (secondary N) is 1. The van der Waals surface area contributed by atoms with E-state index in [0.29, 0.717) is 19.1 Å². The fourth-order valence-corrected chi connectivity index (χ4v) is 4.22. The van der Waals surface area contributed by atoms with Crippen LogP contribution in [0.2, 0.25) is 0 Å². The van der Waals surface area contributed by atoms with Gasteiger partial charge in [-0.1, -0.05) is 6.07 Å². The molecule has 1 N–H and O–H groups in total. The third-order valence-corrected chi connectivity index (χ3v) is 5.86. The molecule has 1 atom stereocenters. The van der Waals surface area contributed by atoms with Crippen LogP contribution in [0.15, 0.2) is 18.2 Å². The zero-order valence-corrected chi connectivity index (χ0v) is 14.6. The first-order valence-corrected chi connectivity index (χ1v) is 9.99. The van der Waals surface area contributed by atoms with E-state index in [0.717, 1.165) is 48.1 Å². The number of thioether (sulfide) groups is 1. The van der Waals surface area contributed by atoms with Crippen molar-refractivity contribution in [1.82, 2.24) is 10.2 Å². The fourth-order valence-electron chi connectivity index (χ4n) is 3.33. The molecule has 0 aromatic heterocycles. The zero-order chi connectivity index (χ0) is 16.4. The van der Waals surface area contributed by atoms with E-state index in [-0.39, 0.29) is 12.1 Å². The minimum absolute atomic E-state index is 0.0734. The number of amides is 2. The molecule has 1 aromatic carbocycles. The molecule has 1 saturated heterocycles. The summed E-state index contributed by atoms with van der Waals surface area (Å²) in [4.78, 5) is 14.7. The average Bonchev–Trinajstić information content (AvgIpc) is 3.45. The molecule has 4 rings (SSSR count). The molecule has 2 amide bonds. The molecule has 3 aliphatic rings. The lowest BCUT2D eigenvalue weighted by Gasteiger charge is -2.26. The highest BCUT2D eigenvalue weighted by atomic mass is 32.2. The number of nitrogens with zero attached hydrogens (tertiary/aromatic N) is 1. The smallest absolute Gasteiger partial charge is 0.317 e. The van der Waals surface area contributed by atoms with Crippen LogP contribution in [0.25, 0.3) is 0 Å². The number of fused-ring (bicyclic) bond motifs is 1. The number of rotatable bonds is 3. The van der Waals surface area contributed by atoms with Crippen molar-refractivity contribution in [1.29, 1.82) is 0 Å². The molecule has 1 saturated carbocycles. The Bertz CT molecular complexity index is 598. The van der Waals surface area contributed by atoms with Crippen molar-refractivity contribution in [3.63, 3.8) is 0 Å². The van der Waals surface area contributed by atoms with Gasteiger partial charge in [0.25, 0.3) is 0 Å². The lowest BCUT2D eigenvalue weighted by Crippen LogP contribution is -2.43. The van der Waals surface area contributed by atoms with Crippen molar-refractivity contribution in [2.75, 3.05) is 37.8 Å².